The minimum Gasteiger partial charge on any atom is -0.383 e. The highest BCUT2D eigenvalue weighted by molar-refractivity contribution is 5.50. The van der Waals surface area contributed by atoms with Gasteiger partial charge < -0.3 is 5.32 Å². The van der Waals surface area contributed by atoms with Crippen molar-refractivity contribution < 1.29 is 0 Å². The first-order valence-corrected chi connectivity index (χ1v) is 5.99. The Bertz CT molecular complexity index is 590. The van der Waals surface area contributed by atoms with Crippen LogP contribution in [0.4, 0.5) is 5.69 Å². The third-order valence-corrected chi connectivity index (χ3v) is 2.80. The van der Waals surface area contributed by atoms with E-state index in [1.165, 1.54) is 5.56 Å². The van der Waals surface area contributed by atoms with E-state index in [0.717, 1.165) is 11.3 Å². The van der Waals surface area contributed by atoms with Crippen molar-refractivity contribution in [1.29, 1.82) is 0 Å². The van der Waals surface area contributed by atoms with Crippen LogP contribution in [0.2, 0.25) is 0 Å². The Labute approximate surface area is 106 Å². The quantitative estimate of drug-likeness (QED) is 0.893. The predicted molar refractivity (Wildman–Crippen MR) is 72.9 cm³/mol. The summed E-state index contributed by atoms with van der Waals surface area (Å²) in [5, 5.41) is 3.32. The van der Waals surface area contributed by atoms with E-state index in [9.17, 15) is 4.79 Å². The van der Waals surface area contributed by atoms with Gasteiger partial charge in [0, 0.05) is 31.2 Å². The molecule has 0 atom stereocenters. The van der Waals surface area contributed by atoms with E-state index in [-0.39, 0.29) is 5.69 Å². The van der Waals surface area contributed by atoms with E-state index >= 15 is 0 Å². The molecule has 4 nitrogen and oxygen atoms in total. The van der Waals surface area contributed by atoms with Crippen molar-refractivity contribution in [3.05, 3.63) is 58.3 Å². The number of hydrogen-bond donors (Lipinski definition) is 1. The monoisotopic (exact) mass is 243 g/mol. The third-order valence-electron chi connectivity index (χ3n) is 2.80. The van der Waals surface area contributed by atoms with Gasteiger partial charge in [-0.3, -0.25) is 4.57 Å². The molecular formula is C14H17N3O. The Hall–Kier alpha value is -2.10. The highest BCUT2D eigenvalue weighted by atomic mass is 16.1. The van der Waals surface area contributed by atoms with Gasteiger partial charge in [-0.05, 0) is 31.0 Å². The maximum absolute atomic E-state index is 11.5. The van der Waals surface area contributed by atoms with E-state index in [2.05, 4.69) is 23.3 Å². The largest absolute Gasteiger partial charge is 0.383 e. The van der Waals surface area contributed by atoms with Crippen LogP contribution in [0.15, 0.2) is 41.5 Å². The molecule has 1 aromatic carbocycles. The van der Waals surface area contributed by atoms with Gasteiger partial charge >= 0.3 is 5.69 Å². The number of nitrogens with zero attached hydrogens (tertiary/aromatic N) is 2. The maximum atomic E-state index is 11.5. The lowest BCUT2D eigenvalue weighted by molar-refractivity contribution is 0.669. The van der Waals surface area contributed by atoms with Crippen molar-refractivity contribution >= 4 is 5.69 Å². The summed E-state index contributed by atoms with van der Waals surface area (Å²) in [5.74, 6) is 0. The number of hydrogen-bond acceptors (Lipinski definition) is 3. The molecule has 4 heteroatoms. The summed E-state index contributed by atoms with van der Waals surface area (Å²) in [4.78, 5) is 15.3. The number of rotatable bonds is 4. The van der Waals surface area contributed by atoms with Gasteiger partial charge in [-0.15, -0.1) is 0 Å². The van der Waals surface area contributed by atoms with Crippen molar-refractivity contribution in [3.8, 4) is 0 Å². The summed E-state index contributed by atoms with van der Waals surface area (Å²) in [7, 11) is 0. The SMILES string of the molecule is Cc1cnc(=O)n(CCNc2ccccc2C)c1. The van der Waals surface area contributed by atoms with E-state index < -0.39 is 0 Å². The van der Waals surface area contributed by atoms with E-state index in [4.69, 9.17) is 0 Å². The van der Waals surface area contributed by atoms with Gasteiger partial charge in [-0.1, -0.05) is 18.2 Å². The molecule has 0 amide bonds. The second-order valence-corrected chi connectivity index (χ2v) is 4.35. The molecule has 1 aromatic heterocycles. The molecule has 0 spiro atoms. The molecule has 0 aliphatic carbocycles. The maximum Gasteiger partial charge on any atom is 0.347 e. The summed E-state index contributed by atoms with van der Waals surface area (Å²) in [6.45, 7) is 5.30. The molecule has 2 aromatic rings. The van der Waals surface area contributed by atoms with Gasteiger partial charge in [0.1, 0.15) is 0 Å². The lowest BCUT2D eigenvalue weighted by atomic mass is 10.2. The minimum atomic E-state index is -0.202. The number of aromatic nitrogens is 2. The van der Waals surface area contributed by atoms with Crippen molar-refractivity contribution in [2.75, 3.05) is 11.9 Å². The normalized spacial score (nSPS) is 10.3. The highest BCUT2D eigenvalue weighted by Crippen LogP contribution is 2.12. The Morgan fingerprint density at radius 2 is 2.06 bits per heavy atom. The van der Waals surface area contributed by atoms with Crippen LogP contribution in [0.3, 0.4) is 0 Å². The van der Waals surface area contributed by atoms with Crippen molar-refractivity contribution in [3.63, 3.8) is 0 Å². The van der Waals surface area contributed by atoms with Crippen molar-refractivity contribution in [2.24, 2.45) is 0 Å². The first-order chi connectivity index (χ1) is 8.66. The molecule has 94 valence electrons. The van der Waals surface area contributed by atoms with Crippen LogP contribution in [0.1, 0.15) is 11.1 Å². The van der Waals surface area contributed by atoms with Gasteiger partial charge in [0.25, 0.3) is 0 Å². The van der Waals surface area contributed by atoms with E-state index in [0.29, 0.717) is 13.1 Å². The molecule has 0 saturated heterocycles. The fourth-order valence-electron chi connectivity index (χ4n) is 1.81. The molecule has 0 aliphatic rings. The van der Waals surface area contributed by atoms with Crippen LogP contribution in [-0.2, 0) is 6.54 Å². The molecule has 0 aliphatic heterocycles. The second-order valence-electron chi connectivity index (χ2n) is 4.35. The molecule has 1 heterocycles. The van der Waals surface area contributed by atoms with Gasteiger partial charge in [0.2, 0.25) is 0 Å². The van der Waals surface area contributed by atoms with Crippen molar-refractivity contribution in [2.45, 2.75) is 20.4 Å². The lowest BCUT2D eigenvalue weighted by Gasteiger charge is -2.10. The molecule has 0 saturated carbocycles. The average Bonchev–Trinajstić information content (AvgIpc) is 2.36. The number of benzene rings is 1. The Morgan fingerprint density at radius 1 is 1.28 bits per heavy atom. The lowest BCUT2D eigenvalue weighted by Crippen LogP contribution is -2.25. The molecule has 18 heavy (non-hydrogen) atoms. The van der Waals surface area contributed by atoms with E-state index in [1.54, 1.807) is 10.8 Å². The molecule has 0 bridgehead atoms. The van der Waals surface area contributed by atoms with Crippen LogP contribution >= 0.6 is 0 Å². The molecule has 1 N–H and O–H groups in total. The Balaban J connectivity index is 1.99. The first-order valence-electron chi connectivity index (χ1n) is 5.99. The standard InChI is InChI=1S/C14H17N3O/c1-11-9-16-14(18)17(10-11)8-7-15-13-6-4-3-5-12(13)2/h3-6,9-10,15H,7-8H2,1-2H3. The fourth-order valence-corrected chi connectivity index (χ4v) is 1.81. The molecule has 0 unspecified atom stereocenters. The number of para-hydroxylation sites is 1. The second kappa shape index (κ2) is 5.49. The summed E-state index contributed by atoms with van der Waals surface area (Å²) in [6, 6.07) is 8.10. The summed E-state index contributed by atoms with van der Waals surface area (Å²) in [6.07, 6.45) is 3.42. The smallest absolute Gasteiger partial charge is 0.347 e. The minimum absolute atomic E-state index is 0.202. The zero-order valence-electron chi connectivity index (χ0n) is 10.7. The average molecular weight is 243 g/mol. The Morgan fingerprint density at radius 3 is 2.83 bits per heavy atom. The van der Waals surface area contributed by atoms with Crippen LogP contribution < -0.4 is 11.0 Å². The van der Waals surface area contributed by atoms with Crippen LogP contribution in [0.5, 0.6) is 0 Å². The number of anilines is 1. The Kier molecular flexibility index (Phi) is 3.77. The van der Waals surface area contributed by atoms with Gasteiger partial charge in [0.15, 0.2) is 0 Å². The van der Waals surface area contributed by atoms with Gasteiger partial charge in [-0.2, -0.15) is 0 Å². The van der Waals surface area contributed by atoms with E-state index in [1.807, 2.05) is 31.3 Å². The summed E-state index contributed by atoms with van der Waals surface area (Å²) in [5.41, 5.74) is 3.09. The highest BCUT2D eigenvalue weighted by Gasteiger charge is 1.98. The van der Waals surface area contributed by atoms with Crippen LogP contribution in [0, 0.1) is 13.8 Å². The summed E-state index contributed by atoms with van der Waals surface area (Å²) >= 11 is 0. The van der Waals surface area contributed by atoms with Crippen molar-refractivity contribution in [1.82, 2.24) is 9.55 Å². The molecular weight excluding hydrogens is 226 g/mol. The van der Waals surface area contributed by atoms with Gasteiger partial charge in [0.05, 0.1) is 0 Å². The van der Waals surface area contributed by atoms with Gasteiger partial charge in [-0.25, -0.2) is 9.78 Å². The summed E-state index contributed by atoms with van der Waals surface area (Å²) < 4.78 is 1.63. The van der Waals surface area contributed by atoms with Crippen LogP contribution in [0.25, 0.3) is 0 Å². The fraction of sp³-hybridized carbons (Fsp3) is 0.286. The van der Waals surface area contributed by atoms with Crippen LogP contribution in [-0.4, -0.2) is 16.1 Å². The molecule has 2 rings (SSSR count). The number of aryl methyl sites for hydroxylation is 2. The predicted octanol–water partition coefficient (Wildman–Crippen LogP) is 1.97. The molecule has 0 fully saturated rings. The molecule has 0 radical (unpaired) electrons. The zero-order valence-corrected chi connectivity index (χ0v) is 10.7. The topological polar surface area (TPSA) is 46.9 Å². The number of nitrogens with one attached hydrogen (secondary N) is 1. The third kappa shape index (κ3) is 2.97. The zero-order chi connectivity index (χ0) is 13.0. The first kappa shape index (κ1) is 12.4.